The van der Waals surface area contributed by atoms with Crippen LogP contribution in [0.15, 0.2) is 28.6 Å². The topological polar surface area (TPSA) is 54.9 Å². The summed E-state index contributed by atoms with van der Waals surface area (Å²) in [6, 6.07) is 8.15. The number of hydrogen-bond donors (Lipinski definition) is 1. The molecule has 1 aliphatic rings. The van der Waals surface area contributed by atoms with E-state index in [2.05, 4.69) is 34.6 Å². The summed E-state index contributed by atoms with van der Waals surface area (Å²) in [6.45, 7) is 2.06. The molecule has 1 N–H and O–H groups in total. The number of rotatable bonds is 4. The molecular formula is C15H17N3OS2. The van der Waals surface area contributed by atoms with Gasteiger partial charge < -0.3 is 5.32 Å². The highest BCUT2D eigenvalue weighted by Crippen LogP contribution is 2.35. The first-order chi connectivity index (χ1) is 10.2. The van der Waals surface area contributed by atoms with Crippen LogP contribution in [0.4, 0.5) is 10.8 Å². The van der Waals surface area contributed by atoms with Gasteiger partial charge in [-0.2, -0.15) is 0 Å². The number of nitrogens with zero attached hydrogens (tertiary/aromatic N) is 2. The molecule has 0 amide bonds. The summed E-state index contributed by atoms with van der Waals surface area (Å²) in [7, 11) is 0. The van der Waals surface area contributed by atoms with Crippen molar-refractivity contribution in [1.29, 1.82) is 0 Å². The van der Waals surface area contributed by atoms with Crippen molar-refractivity contribution in [2.24, 2.45) is 0 Å². The molecule has 1 aliphatic carbocycles. The van der Waals surface area contributed by atoms with Crippen molar-refractivity contribution in [2.75, 3.05) is 5.32 Å². The fourth-order valence-corrected chi connectivity index (χ4v) is 4.41. The summed E-state index contributed by atoms with van der Waals surface area (Å²) in [6.07, 6.45) is 3.84. The number of aromatic nitrogens is 2. The van der Waals surface area contributed by atoms with Gasteiger partial charge in [-0.25, -0.2) is 0 Å². The molecule has 1 aromatic carbocycles. The molecule has 1 atom stereocenters. The van der Waals surface area contributed by atoms with Gasteiger partial charge in [0.2, 0.25) is 5.13 Å². The number of anilines is 2. The second kappa shape index (κ2) is 6.58. The van der Waals surface area contributed by atoms with E-state index in [9.17, 15) is 4.79 Å². The highest BCUT2D eigenvalue weighted by atomic mass is 32.2. The third-order valence-corrected chi connectivity index (χ3v) is 5.69. The number of carbonyl (C=O) groups is 1. The second-order valence-electron chi connectivity index (χ2n) is 5.18. The fourth-order valence-electron chi connectivity index (χ4n) is 2.27. The highest BCUT2D eigenvalue weighted by Gasteiger charge is 2.24. The largest absolute Gasteiger partial charge is 0.330 e. The van der Waals surface area contributed by atoms with Gasteiger partial charge in [0.25, 0.3) is 0 Å². The van der Waals surface area contributed by atoms with E-state index in [1.807, 2.05) is 12.1 Å². The van der Waals surface area contributed by atoms with Crippen molar-refractivity contribution in [3.63, 3.8) is 0 Å². The van der Waals surface area contributed by atoms with Crippen LogP contribution in [0.2, 0.25) is 0 Å². The van der Waals surface area contributed by atoms with Crippen molar-refractivity contribution in [3.8, 4) is 0 Å². The zero-order valence-corrected chi connectivity index (χ0v) is 13.5. The summed E-state index contributed by atoms with van der Waals surface area (Å²) in [5, 5.41) is 12.4. The molecule has 1 fully saturated rings. The molecule has 0 bridgehead atoms. The maximum Gasteiger partial charge on any atom is 0.210 e. The smallest absolute Gasteiger partial charge is 0.210 e. The molecule has 110 valence electrons. The number of aryl methyl sites for hydroxylation is 1. The molecule has 6 heteroatoms. The number of nitrogens with one attached hydrogen (secondary N) is 1. The Balaban J connectivity index is 1.63. The van der Waals surface area contributed by atoms with E-state index >= 15 is 0 Å². The van der Waals surface area contributed by atoms with Gasteiger partial charge in [-0.3, -0.25) is 4.79 Å². The zero-order chi connectivity index (χ0) is 14.7. The minimum atomic E-state index is 0.0684. The molecule has 2 aromatic rings. The van der Waals surface area contributed by atoms with Crippen LogP contribution in [0.3, 0.4) is 0 Å². The minimum Gasteiger partial charge on any atom is -0.330 e. The first kappa shape index (κ1) is 14.5. The summed E-state index contributed by atoms with van der Waals surface area (Å²) >= 11 is 3.07. The van der Waals surface area contributed by atoms with E-state index in [0.29, 0.717) is 12.2 Å². The summed E-state index contributed by atoms with van der Waals surface area (Å²) in [4.78, 5) is 11.8. The molecule has 0 spiro atoms. The molecule has 0 aliphatic heterocycles. The van der Waals surface area contributed by atoms with Crippen LogP contribution in [0, 0.1) is 6.92 Å². The average Bonchev–Trinajstić information content (AvgIpc) is 2.91. The lowest BCUT2D eigenvalue weighted by atomic mass is 9.99. The molecule has 1 saturated carbocycles. The standard InChI is InChI=1S/C15H17N3OS2/c1-10-6-8-11(9-7-10)16-14-17-18-15(21-14)20-13-5-3-2-4-12(13)19/h6-9,13H,2-5H2,1H3,(H,16,17). The van der Waals surface area contributed by atoms with Gasteiger partial charge in [-0.15, -0.1) is 10.2 Å². The zero-order valence-electron chi connectivity index (χ0n) is 11.8. The summed E-state index contributed by atoms with van der Waals surface area (Å²) in [5.41, 5.74) is 2.23. The van der Waals surface area contributed by atoms with Crippen LogP contribution in [0.5, 0.6) is 0 Å². The van der Waals surface area contributed by atoms with Crippen molar-refractivity contribution in [1.82, 2.24) is 10.2 Å². The van der Waals surface area contributed by atoms with Crippen molar-refractivity contribution >= 4 is 39.7 Å². The number of hydrogen-bond acceptors (Lipinski definition) is 6. The average molecular weight is 319 g/mol. The van der Waals surface area contributed by atoms with E-state index in [0.717, 1.165) is 34.4 Å². The Labute approximate surface area is 132 Å². The maximum atomic E-state index is 11.8. The minimum absolute atomic E-state index is 0.0684. The van der Waals surface area contributed by atoms with Gasteiger partial charge in [0.05, 0.1) is 5.25 Å². The molecule has 4 nitrogen and oxygen atoms in total. The van der Waals surface area contributed by atoms with Crippen molar-refractivity contribution in [2.45, 2.75) is 42.2 Å². The van der Waals surface area contributed by atoms with Crippen LogP contribution in [-0.2, 0) is 4.79 Å². The Hall–Kier alpha value is -1.40. The number of carbonyl (C=O) groups excluding carboxylic acids is 1. The van der Waals surface area contributed by atoms with Gasteiger partial charge in [-0.05, 0) is 31.9 Å². The van der Waals surface area contributed by atoms with E-state index in [-0.39, 0.29) is 5.25 Å². The van der Waals surface area contributed by atoms with Crippen molar-refractivity contribution < 1.29 is 4.79 Å². The van der Waals surface area contributed by atoms with E-state index in [4.69, 9.17) is 0 Å². The van der Waals surface area contributed by atoms with Crippen LogP contribution in [0.1, 0.15) is 31.2 Å². The molecule has 0 saturated heterocycles. The normalized spacial score (nSPS) is 18.7. The first-order valence-electron chi connectivity index (χ1n) is 7.07. The van der Waals surface area contributed by atoms with Gasteiger partial charge in [0.15, 0.2) is 4.34 Å². The number of thioether (sulfide) groups is 1. The summed E-state index contributed by atoms with van der Waals surface area (Å²) < 4.78 is 0.866. The fraction of sp³-hybridized carbons (Fsp3) is 0.400. The molecular weight excluding hydrogens is 302 g/mol. The molecule has 0 radical (unpaired) electrons. The van der Waals surface area contributed by atoms with Crippen LogP contribution in [0.25, 0.3) is 0 Å². The van der Waals surface area contributed by atoms with Crippen LogP contribution in [-0.4, -0.2) is 21.2 Å². The first-order valence-corrected chi connectivity index (χ1v) is 8.77. The molecule has 3 rings (SSSR count). The Morgan fingerprint density at radius 1 is 1.24 bits per heavy atom. The SMILES string of the molecule is Cc1ccc(Nc2nnc(SC3CCCCC3=O)s2)cc1. The predicted molar refractivity (Wildman–Crippen MR) is 87.5 cm³/mol. The Bertz CT molecular complexity index is 624. The predicted octanol–water partition coefficient (Wildman–Crippen LogP) is 4.19. The molecule has 1 aromatic heterocycles. The Morgan fingerprint density at radius 2 is 2.05 bits per heavy atom. The maximum absolute atomic E-state index is 11.8. The lowest BCUT2D eigenvalue weighted by molar-refractivity contribution is -0.119. The number of benzene rings is 1. The molecule has 1 unspecified atom stereocenters. The van der Waals surface area contributed by atoms with Gasteiger partial charge >= 0.3 is 0 Å². The third kappa shape index (κ3) is 3.83. The van der Waals surface area contributed by atoms with E-state index < -0.39 is 0 Å². The molecule has 1 heterocycles. The van der Waals surface area contributed by atoms with Crippen LogP contribution < -0.4 is 5.32 Å². The number of ketones is 1. The van der Waals surface area contributed by atoms with E-state index in [1.165, 1.54) is 16.9 Å². The highest BCUT2D eigenvalue weighted by molar-refractivity contribution is 8.02. The lowest BCUT2D eigenvalue weighted by Gasteiger charge is -2.17. The Morgan fingerprint density at radius 3 is 2.81 bits per heavy atom. The third-order valence-electron chi connectivity index (χ3n) is 3.45. The summed E-state index contributed by atoms with van der Waals surface area (Å²) in [5.74, 6) is 0.356. The number of Topliss-reactive ketones (excluding diaryl/α,β-unsaturated/α-hetero) is 1. The van der Waals surface area contributed by atoms with Crippen molar-refractivity contribution in [3.05, 3.63) is 29.8 Å². The van der Waals surface area contributed by atoms with Gasteiger partial charge in [-0.1, -0.05) is 47.2 Å². The lowest BCUT2D eigenvalue weighted by Crippen LogP contribution is -2.21. The quantitative estimate of drug-likeness (QED) is 0.915. The van der Waals surface area contributed by atoms with Gasteiger partial charge in [0, 0.05) is 12.1 Å². The van der Waals surface area contributed by atoms with Gasteiger partial charge in [0.1, 0.15) is 5.78 Å². The monoisotopic (exact) mass is 319 g/mol. The van der Waals surface area contributed by atoms with E-state index in [1.54, 1.807) is 11.8 Å². The second-order valence-corrected chi connectivity index (χ2v) is 7.61. The van der Waals surface area contributed by atoms with Crippen LogP contribution >= 0.6 is 23.1 Å². The Kier molecular flexibility index (Phi) is 4.55. The molecule has 21 heavy (non-hydrogen) atoms.